The highest BCUT2D eigenvalue weighted by Gasteiger charge is 2.01. The van der Waals surface area contributed by atoms with Crippen LogP contribution in [0.25, 0.3) is 0 Å². The van der Waals surface area contributed by atoms with Crippen LogP contribution in [-0.4, -0.2) is 20.1 Å². The molecule has 0 unspecified atom stereocenters. The predicted molar refractivity (Wildman–Crippen MR) is 89.9 cm³/mol. The van der Waals surface area contributed by atoms with Crippen molar-refractivity contribution < 1.29 is 0 Å². The molecule has 1 heterocycles. The van der Waals surface area contributed by atoms with Gasteiger partial charge in [-0.3, -0.25) is 0 Å². The summed E-state index contributed by atoms with van der Waals surface area (Å²) in [7, 11) is 2.15. The van der Waals surface area contributed by atoms with Gasteiger partial charge in [0.25, 0.3) is 0 Å². The van der Waals surface area contributed by atoms with Gasteiger partial charge >= 0.3 is 0 Å². The molecule has 0 bridgehead atoms. The lowest BCUT2D eigenvalue weighted by molar-refractivity contribution is 0.685. The number of nitrogens with zero attached hydrogens (tertiary/aromatic N) is 1. The van der Waals surface area contributed by atoms with E-state index in [0.717, 1.165) is 26.1 Å². The summed E-state index contributed by atoms with van der Waals surface area (Å²) in [5.74, 6) is 0. The molecule has 0 aliphatic carbocycles. The average Bonchev–Trinajstić information content (AvgIpc) is 2.89. The van der Waals surface area contributed by atoms with Crippen molar-refractivity contribution in [3.63, 3.8) is 0 Å². The van der Waals surface area contributed by atoms with Crippen molar-refractivity contribution in [1.29, 1.82) is 0 Å². The molecule has 2 aromatic rings. The van der Waals surface area contributed by atoms with Gasteiger partial charge in [-0.05, 0) is 43.2 Å². The summed E-state index contributed by atoms with van der Waals surface area (Å²) in [6.07, 6.45) is 1.10. The molecular formula is C17H24N2S. The van der Waals surface area contributed by atoms with Crippen LogP contribution in [0, 0.1) is 6.92 Å². The monoisotopic (exact) mass is 288 g/mol. The molecule has 0 atom stereocenters. The SMILES string of the molecule is CCc1ccc(N(C)CCNCc2ccc(C)s2)cc1. The molecule has 0 aliphatic rings. The van der Waals surface area contributed by atoms with Crippen molar-refractivity contribution in [3.8, 4) is 0 Å². The van der Waals surface area contributed by atoms with Crippen LogP contribution >= 0.6 is 11.3 Å². The Labute approximate surface area is 126 Å². The summed E-state index contributed by atoms with van der Waals surface area (Å²) in [5, 5.41) is 3.51. The first-order chi connectivity index (χ1) is 9.69. The second-order valence-corrected chi connectivity index (χ2v) is 6.50. The maximum atomic E-state index is 3.51. The van der Waals surface area contributed by atoms with Gasteiger partial charge < -0.3 is 10.2 Å². The number of rotatable bonds is 7. The smallest absolute Gasteiger partial charge is 0.0364 e. The van der Waals surface area contributed by atoms with Gasteiger partial charge in [0, 0.05) is 42.1 Å². The number of aryl methyl sites for hydroxylation is 2. The Hall–Kier alpha value is -1.32. The number of nitrogens with one attached hydrogen (secondary N) is 1. The molecule has 0 amide bonds. The van der Waals surface area contributed by atoms with Crippen molar-refractivity contribution in [2.45, 2.75) is 26.8 Å². The summed E-state index contributed by atoms with van der Waals surface area (Å²) in [4.78, 5) is 5.10. The fourth-order valence-corrected chi connectivity index (χ4v) is 3.01. The van der Waals surface area contributed by atoms with Crippen molar-refractivity contribution in [2.24, 2.45) is 0 Å². The first kappa shape index (κ1) is 15.1. The third-order valence-electron chi connectivity index (χ3n) is 3.50. The topological polar surface area (TPSA) is 15.3 Å². The van der Waals surface area contributed by atoms with Gasteiger partial charge in [0.2, 0.25) is 0 Å². The second-order valence-electron chi connectivity index (χ2n) is 5.13. The molecule has 0 aliphatic heterocycles. The van der Waals surface area contributed by atoms with Crippen molar-refractivity contribution in [3.05, 3.63) is 51.7 Å². The van der Waals surface area contributed by atoms with Crippen LogP contribution in [0.4, 0.5) is 5.69 Å². The third-order valence-corrected chi connectivity index (χ3v) is 4.51. The largest absolute Gasteiger partial charge is 0.373 e. The van der Waals surface area contributed by atoms with Crippen LogP contribution < -0.4 is 10.2 Å². The van der Waals surface area contributed by atoms with Crippen LogP contribution in [0.3, 0.4) is 0 Å². The molecule has 2 nitrogen and oxygen atoms in total. The summed E-state index contributed by atoms with van der Waals surface area (Å²) in [6.45, 7) is 7.34. The summed E-state index contributed by atoms with van der Waals surface area (Å²) in [6, 6.07) is 13.2. The number of hydrogen-bond donors (Lipinski definition) is 1. The number of benzene rings is 1. The molecule has 0 saturated heterocycles. The van der Waals surface area contributed by atoms with Gasteiger partial charge in [-0.1, -0.05) is 19.1 Å². The Morgan fingerprint density at radius 1 is 1.10 bits per heavy atom. The highest BCUT2D eigenvalue weighted by Crippen LogP contribution is 2.15. The molecule has 0 saturated carbocycles. The van der Waals surface area contributed by atoms with E-state index in [9.17, 15) is 0 Å². The van der Waals surface area contributed by atoms with E-state index in [0.29, 0.717) is 0 Å². The second kappa shape index (κ2) is 7.46. The molecule has 1 N–H and O–H groups in total. The van der Waals surface area contributed by atoms with E-state index in [2.05, 4.69) is 67.5 Å². The Morgan fingerprint density at radius 2 is 1.85 bits per heavy atom. The van der Waals surface area contributed by atoms with Crippen molar-refractivity contribution in [1.82, 2.24) is 5.32 Å². The van der Waals surface area contributed by atoms with Crippen LogP contribution in [0.1, 0.15) is 22.2 Å². The lowest BCUT2D eigenvalue weighted by Gasteiger charge is -2.19. The van der Waals surface area contributed by atoms with Gasteiger partial charge in [-0.25, -0.2) is 0 Å². The zero-order valence-electron chi connectivity index (χ0n) is 12.6. The van der Waals surface area contributed by atoms with Gasteiger partial charge in [0.05, 0.1) is 0 Å². The van der Waals surface area contributed by atoms with Gasteiger partial charge in [0.15, 0.2) is 0 Å². The Bertz CT molecular complexity index is 516. The molecular weight excluding hydrogens is 264 g/mol. The zero-order valence-corrected chi connectivity index (χ0v) is 13.5. The van der Waals surface area contributed by atoms with E-state index >= 15 is 0 Å². The molecule has 1 aromatic heterocycles. The zero-order chi connectivity index (χ0) is 14.4. The minimum Gasteiger partial charge on any atom is -0.373 e. The number of likely N-dealkylation sites (N-methyl/N-ethyl adjacent to an activating group) is 1. The molecule has 108 valence electrons. The maximum absolute atomic E-state index is 3.51. The molecule has 0 fully saturated rings. The first-order valence-corrected chi connectivity index (χ1v) is 8.07. The van der Waals surface area contributed by atoms with E-state index in [1.165, 1.54) is 21.0 Å². The normalized spacial score (nSPS) is 10.8. The van der Waals surface area contributed by atoms with E-state index in [-0.39, 0.29) is 0 Å². The molecule has 1 aromatic carbocycles. The van der Waals surface area contributed by atoms with Crippen LogP contribution in [0.5, 0.6) is 0 Å². The lowest BCUT2D eigenvalue weighted by Crippen LogP contribution is -2.28. The first-order valence-electron chi connectivity index (χ1n) is 7.25. The van der Waals surface area contributed by atoms with Crippen molar-refractivity contribution in [2.75, 3.05) is 25.0 Å². The maximum Gasteiger partial charge on any atom is 0.0364 e. The van der Waals surface area contributed by atoms with Gasteiger partial charge in [-0.2, -0.15) is 0 Å². The average molecular weight is 288 g/mol. The summed E-state index contributed by atoms with van der Waals surface area (Å²) >= 11 is 1.87. The Balaban J connectivity index is 1.72. The van der Waals surface area contributed by atoms with Gasteiger partial charge in [0.1, 0.15) is 0 Å². The molecule has 3 heteroatoms. The fraction of sp³-hybridized carbons (Fsp3) is 0.412. The predicted octanol–water partition coefficient (Wildman–Crippen LogP) is 3.84. The summed E-state index contributed by atoms with van der Waals surface area (Å²) < 4.78 is 0. The highest BCUT2D eigenvalue weighted by molar-refractivity contribution is 7.11. The quantitative estimate of drug-likeness (QED) is 0.779. The van der Waals surface area contributed by atoms with Gasteiger partial charge in [-0.15, -0.1) is 11.3 Å². The minimum atomic E-state index is 0.973. The standard InChI is InChI=1S/C17H24N2S/c1-4-15-6-8-16(9-7-15)19(3)12-11-18-13-17-10-5-14(2)20-17/h5-10,18H,4,11-13H2,1-3H3. The number of thiophene rings is 1. The molecule has 20 heavy (non-hydrogen) atoms. The lowest BCUT2D eigenvalue weighted by atomic mass is 10.1. The van der Waals surface area contributed by atoms with E-state index in [4.69, 9.17) is 0 Å². The molecule has 0 spiro atoms. The Kier molecular flexibility index (Phi) is 5.62. The van der Waals surface area contributed by atoms with E-state index in [1.54, 1.807) is 0 Å². The molecule has 0 radical (unpaired) electrons. The number of anilines is 1. The fourth-order valence-electron chi connectivity index (χ4n) is 2.15. The van der Waals surface area contributed by atoms with Crippen LogP contribution in [-0.2, 0) is 13.0 Å². The highest BCUT2D eigenvalue weighted by atomic mass is 32.1. The van der Waals surface area contributed by atoms with E-state index < -0.39 is 0 Å². The Morgan fingerprint density at radius 3 is 2.45 bits per heavy atom. The minimum absolute atomic E-state index is 0.973. The molecule has 2 rings (SSSR count). The van der Waals surface area contributed by atoms with Crippen LogP contribution in [0.2, 0.25) is 0 Å². The number of hydrogen-bond acceptors (Lipinski definition) is 3. The van der Waals surface area contributed by atoms with Crippen molar-refractivity contribution >= 4 is 17.0 Å². The van der Waals surface area contributed by atoms with E-state index in [1.807, 2.05) is 11.3 Å². The summed E-state index contributed by atoms with van der Waals surface area (Å²) in [5.41, 5.74) is 2.68. The third kappa shape index (κ3) is 4.36. The van der Waals surface area contributed by atoms with Crippen LogP contribution in [0.15, 0.2) is 36.4 Å².